The van der Waals surface area contributed by atoms with Crippen LogP contribution in [-0.4, -0.2) is 86.2 Å². The molecule has 2 aliphatic rings. The maximum atomic E-state index is 12.8. The second-order valence-electron chi connectivity index (χ2n) is 14.4. The molecule has 7 aromatic rings. The smallest absolute Gasteiger partial charge is 0.390 e. The fourth-order valence-corrected chi connectivity index (χ4v) is 7.19. The van der Waals surface area contributed by atoms with Crippen LogP contribution >= 0.6 is 11.6 Å². The molecule has 3 N–H and O–H groups in total. The van der Waals surface area contributed by atoms with Gasteiger partial charge < -0.3 is 34.7 Å². The lowest BCUT2D eigenvalue weighted by molar-refractivity contribution is -0.132. The Labute approximate surface area is 360 Å². The Morgan fingerprint density at radius 2 is 1.10 bits per heavy atom. The van der Waals surface area contributed by atoms with E-state index in [4.69, 9.17) is 35.6 Å². The number of benzene rings is 3. The number of aromatic nitrogens is 6. The number of alkyl halides is 6. The van der Waals surface area contributed by atoms with E-state index < -0.39 is 31.5 Å². The van der Waals surface area contributed by atoms with Crippen molar-refractivity contribution in [1.29, 1.82) is 0 Å². The number of nitrogens with zero attached hydrogens (tertiary/aromatic N) is 6. The minimum absolute atomic E-state index is 0.144. The molecule has 0 radical (unpaired) electrons. The Balaban J connectivity index is 0.000000177. The summed E-state index contributed by atoms with van der Waals surface area (Å²) < 4.78 is 101. The second-order valence-corrected chi connectivity index (χ2v) is 14.8. The van der Waals surface area contributed by atoms with Crippen molar-refractivity contribution in [2.75, 3.05) is 50.2 Å². The van der Waals surface area contributed by atoms with E-state index in [1.54, 1.807) is 35.1 Å². The Bertz CT molecular complexity index is 2650. The van der Waals surface area contributed by atoms with Gasteiger partial charge in [0, 0.05) is 47.0 Å². The van der Waals surface area contributed by atoms with E-state index >= 15 is 0 Å². The summed E-state index contributed by atoms with van der Waals surface area (Å²) in [4.78, 5) is 8.75. The molecule has 3 aromatic carbocycles. The van der Waals surface area contributed by atoms with Crippen LogP contribution in [0.25, 0.3) is 45.1 Å². The largest absolute Gasteiger partial charge is 0.392 e. The average molecular weight is 897 g/mol. The molecule has 0 atom stereocenters. The van der Waals surface area contributed by atoms with Crippen LogP contribution in [0.5, 0.6) is 0 Å². The highest BCUT2D eigenvalue weighted by Crippen LogP contribution is 2.33. The number of hydrogen-bond donors (Lipinski definition) is 3. The third kappa shape index (κ3) is 10.5. The molecular formula is C43H39ClF6N8O5. The summed E-state index contributed by atoms with van der Waals surface area (Å²) in [6, 6.07) is 25.5. The van der Waals surface area contributed by atoms with Crippen LogP contribution in [0.2, 0.25) is 5.15 Å². The zero-order valence-electron chi connectivity index (χ0n) is 33.2. The lowest BCUT2D eigenvalue weighted by Gasteiger charge is -2.14. The van der Waals surface area contributed by atoms with Crippen LogP contribution < -0.4 is 10.6 Å². The SMILES string of the molecule is FC(F)(F)CCNc1cc(Cl)nn2c(-c3ccc(C4OCCO4)cc3)cnc12.OCc1ccccc1-c1cc(NCCC(F)(F)F)c2ncc(-c3ccc(C4OCCO4)cc3)n2n1. The lowest BCUT2D eigenvalue weighted by Crippen LogP contribution is -2.15. The summed E-state index contributed by atoms with van der Waals surface area (Å²) in [5.41, 5.74) is 8.21. The van der Waals surface area contributed by atoms with Crippen LogP contribution in [-0.2, 0) is 25.6 Å². The normalized spacial score (nSPS) is 15.0. The number of rotatable bonds is 12. The molecule has 0 amide bonds. The third-order valence-electron chi connectivity index (χ3n) is 10.0. The Kier molecular flexibility index (Phi) is 13.1. The molecule has 2 saturated heterocycles. The molecule has 0 saturated carbocycles. The van der Waals surface area contributed by atoms with Crippen molar-refractivity contribution in [3.05, 3.63) is 119 Å². The Morgan fingerprint density at radius 3 is 1.57 bits per heavy atom. The average Bonchev–Trinajstić information content (AvgIpc) is 4.11. The minimum atomic E-state index is -4.28. The second kappa shape index (κ2) is 18.9. The molecular weight excluding hydrogens is 858 g/mol. The van der Waals surface area contributed by atoms with Gasteiger partial charge in [-0.2, -0.15) is 36.5 Å². The van der Waals surface area contributed by atoms with Crippen molar-refractivity contribution < 1.29 is 50.4 Å². The molecule has 0 aliphatic carbocycles. The first-order valence-corrected chi connectivity index (χ1v) is 20.1. The first-order chi connectivity index (χ1) is 30.3. The quantitative estimate of drug-likeness (QED) is 0.101. The van der Waals surface area contributed by atoms with Gasteiger partial charge in [-0.1, -0.05) is 84.4 Å². The summed E-state index contributed by atoms with van der Waals surface area (Å²) in [5, 5.41) is 24.5. The fraction of sp³-hybridized carbons (Fsp3) is 0.302. The number of fused-ring (bicyclic) bond motifs is 2. The first-order valence-electron chi connectivity index (χ1n) is 19.7. The van der Waals surface area contributed by atoms with Gasteiger partial charge in [-0.15, -0.1) is 0 Å². The number of halogens is 7. The Hall–Kier alpha value is -5.83. The fourth-order valence-electron chi connectivity index (χ4n) is 7.00. The minimum Gasteiger partial charge on any atom is -0.392 e. The van der Waals surface area contributed by atoms with E-state index in [-0.39, 0.29) is 31.1 Å². The summed E-state index contributed by atoms with van der Waals surface area (Å²) >= 11 is 6.07. The maximum absolute atomic E-state index is 12.8. The lowest BCUT2D eigenvalue weighted by atomic mass is 10.0. The van der Waals surface area contributed by atoms with Gasteiger partial charge in [0.2, 0.25) is 0 Å². The summed E-state index contributed by atoms with van der Waals surface area (Å²) in [6.45, 7) is 1.44. The summed E-state index contributed by atoms with van der Waals surface area (Å²) in [7, 11) is 0. The van der Waals surface area contributed by atoms with E-state index in [9.17, 15) is 31.4 Å². The molecule has 2 aliphatic heterocycles. The molecule has 0 unspecified atom stereocenters. The molecule has 330 valence electrons. The van der Waals surface area contributed by atoms with Crippen molar-refractivity contribution >= 4 is 34.3 Å². The van der Waals surface area contributed by atoms with Gasteiger partial charge in [-0.3, -0.25) is 0 Å². The maximum Gasteiger partial charge on any atom is 0.390 e. The number of aliphatic hydroxyl groups is 1. The molecule has 2 fully saturated rings. The Morgan fingerprint density at radius 1 is 0.635 bits per heavy atom. The molecule has 0 bridgehead atoms. The van der Waals surface area contributed by atoms with Crippen molar-refractivity contribution in [3.63, 3.8) is 0 Å². The van der Waals surface area contributed by atoms with Crippen molar-refractivity contribution in [2.45, 2.75) is 44.4 Å². The monoisotopic (exact) mass is 896 g/mol. The van der Waals surface area contributed by atoms with E-state index in [0.717, 1.165) is 22.3 Å². The zero-order chi connectivity index (χ0) is 44.1. The van der Waals surface area contributed by atoms with E-state index in [2.05, 4.69) is 25.7 Å². The highest BCUT2D eigenvalue weighted by molar-refractivity contribution is 6.29. The van der Waals surface area contributed by atoms with Gasteiger partial charge in [-0.25, -0.2) is 19.0 Å². The van der Waals surface area contributed by atoms with Gasteiger partial charge in [0.25, 0.3) is 0 Å². The van der Waals surface area contributed by atoms with E-state index in [1.807, 2.05) is 60.7 Å². The van der Waals surface area contributed by atoms with Gasteiger partial charge in [-0.05, 0) is 11.6 Å². The zero-order valence-corrected chi connectivity index (χ0v) is 33.9. The molecule has 0 spiro atoms. The predicted molar refractivity (Wildman–Crippen MR) is 221 cm³/mol. The highest BCUT2D eigenvalue weighted by atomic mass is 35.5. The highest BCUT2D eigenvalue weighted by Gasteiger charge is 2.28. The molecule has 13 nitrogen and oxygen atoms in total. The van der Waals surface area contributed by atoms with Crippen LogP contribution in [0.3, 0.4) is 0 Å². The molecule has 20 heteroatoms. The number of aliphatic hydroxyl groups excluding tert-OH is 1. The van der Waals surface area contributed by atoms with Crippen LogP contribution in [0.4, 0.5) is 37.7 Å². The molecule has 9 rings (SSSR count). The number of hydrogen-bond acceptors (Lipinski definition) is 11. The van der Waals surface area contributed by atoms with Crippen LogP contribution in [0.1, 0.15) is 42.1 Å². The van der Waals surface area contributed by atoms with Gasteiger partial charge >= 0.3 is 12.4 Å². The topological polar surface area (TPSA) is 142 Å². The van der Waals surface area contributed by atoms with Gasteiger partial charge in [0.1, 0.15) is 0 Å². The molecule has 63 heavy (non-hydrogen) atoms. The van der Waals surface area contributed by atoms with Gasteiger partial charge in [0.05, 0.1) is 86.7 Å². The first kappa shape index (κ1) is 43.8. The van der Waals surface area contributed by atoms with Crippen molar-refractivity contribution in [1.82, 2.24) is 29.2 Å². The number of imidazole rings is 2. The number of nitrogens with one attached hydrogen (secondary N) is 2. The van der Waals surface area contributed by atoms with Gasteiger partial charge in [0.15, 0.2) is 29.0 Å². The number of anilines is 2. The molecule has 6 heterocycles. The van der Waals surface area contributed by atoms with E-state index in [1.165, 1.54) is 10.6 Å². The third-order valence-corrected chi connectivity index (χ3v) is 10.2. The molecule has 4 aromatic heterocycles. The summed E-state index contributed by atoms with van der Waals surface area (Å²) in [5.74, 6) is 0. The summed E-state index contributed by atoms with van der Waals surface area (Å²) in [6.07, 6.45) is -7.98. The standard InChI is InChI=1S/C25H23F3N4O3.C18H16ClF3N4O2/c26-25(27,28)9-10-29-21-13-20(19-4-2-1-3-18(19)15-33)31-32-22(14-30-23(21)32)16-5-7-17(8-6-16)24-34-11-12-35-24;19-15-9-13(23-6-5-18(20,21)22)16-24-10-14(26(16)25-15)11-1-3-12(4-2-11)17-27-7-8-28-17/h1-8,13-14,24,29,33H,9-12,15H2;1-4,9-10,17,23H,5-8H2. The van der Waals surface area contributed by atoms with Crippen molar-refractivity contribution in [3.8, 4) is 33.8 Å². The predicted octanol–water partition coefficient (Wildman–Crippen LogP) is 9.42. The van der Waals surface area contributed by atoms with Crippen LogP contribution in [0.15, 0.2) is 97.3 Å². The number of ether oxygens (including phenoxy) is 4. The van der Waals surface area contributed by atoms with Crippen LogP contribution in [0, 0.1) is 0 Å². The van der Waals surface area contributed by atoms with E-state index in [0.29, 0.717) is 77.3 Å². The van der Waals surface area contributed by atoms with Crippen molar-refractivity contribution in [2.24, 2.45) is 0 Å².